The molecule has 0 radical (unpaired) electrons. The molecule has 2 aromatic heterocycles. The van der Waals surface area contributed by atoms with Crippen LogP contribution in [0.4, 0.5) is 0 Å². The zero-order valence-corrected chi connectivity index (χ0v) is 15.2. The van der Waals surface area contributed by atoms with Gasteiger partial charge >= 0.3 is 0 Å². The molecule has 6 nitrogen and oxygen atoms in total. The van der Waals surface area contributed by atoms with E-state index in [0.29, 0.717) is 13.1 Å². The lowest BCUT2D eigenvalue weighted by molar-refractivity contribution is -0.133. The Bertz CT molecular complexity index is 948. The molecule has 1 atom stereocenters. The molecular formula is C20H23N5O. The Morgan fingerprint density at radius 2 is 2.04 bits per heavy atom. The molecule has 1 aliphatic heterocycles. The van der Waals surface area contributed by atoms with Crippen molar-refractivity contribution in [3.05, 3.63) is 53.9 Å². The number of rotatable bonds is 3. The van der Waals surface area contributed by atoms with Crippen molar-refractivity contribution in [3.63, 3.8) is 0 Å². The molecule has 6 heteroatoms. The van der Waals surface area contributed by atoms with Crippen molar-refractivity contribution in [2.45, 2.75) is 39.2 Å². The van der Waals surface area contributed by atoms with Gasteiger partial charge in [-0.25, -0.2) is 4.98 Å². The maximum atomic E-state index is 12.9. The van der Waals surface area contributed by atoms with Gasteiger partial charge < -0.3 is 9.47 Å². The maximum absolute atomic E-state index is 12.9. The highest BCUT2D eigenvalue weighted by atomic mass is 16.2. The van der Waals surface area contributed by atoms with Crippen molar-refractivity contribution < 1.29 is 4.79 Å². The Kier molecular flexibility index (Phi) is 4.41. The van der Waals surface area contributed by atoms with E-state index in [2.05, 4.69) is 15.0 Å². The molecule has 3 aromatic rings. The SMILES string of the molecule is Cc1cncc([C@@H]2CCCN(C(=O)Cn3c(C)nc4ccccc43)C2)n1. The molecule has 0 aliphatic carbocycles. The van der Waals surface area contributed by atoms with Crippen LogP contribution in [0.1, 0.15) is 36.0 Å². The molecule has 3 heterocycles. The summed E-state index contributed by atoms with van der Waals surface area (Å²) in [6, 6.07) is 7.96. The van der Waals surface area contributed by atoms with Gasteiger partial charge in [-0.1, -0.05) is 12.1 Å². The lowest BCUT2D eigenvalue weighted by Crippen LogP contribution is -2.41. The number of carbonyl (C=O) groups is 1. The standard InChI is InChI=1S/C20H23N5O/c1-14-10-21-11-18(22-14)16-6-5-9-24(12-16)20(26)13-25-15(2)23-17-7-3-4-8-19(17)25/h3-4,7-8,10-11,16H,5-6,9,12-13H2,1-2H3/t16-/m1/s1. The van der Waals surface area contributed by atoms with Crippen LogP contribution >= 0.6 is 0 Å². The van der Waals surface area contributed by atoms with Crippen LogP contribution in [0.25, 0.3) is 11.0 Å². The van der Waals surface area contributed by atoms with Crippen molar-refractivity contribution in [2.24, 2.45) is 0 Å². The van der Waals surface area contributed by atoms with Gasteiger partial charge in [0.1, 0.15) is 12.4 Å². The van der Waals surface area contributed by atoms with E-state index < -0.39 is 0 Å². The van der Waals surface area contributed by atoms with Gasteiger partial charge in [0.05, 0.1) is 22.4 Å². The Labute approximate surface area is 152 Å². The van der Waals surface area contributed by atoms with Crippen molar-refractivity contribution in [3.8, 4) is 0 Å². The largest absolute Gasteiger partial charge is 0.340 e. The number of benzene rings is 1. The van der Waals surface area contributed by atoms with Gasteiger partial charge in [-0.15, -0.1) is 0 Å². The first-order valence-electron chi connectivity index (χ1n) is 9.10. The summed E-state index contributed by atoms with van der Waals surface area (Å²) in [5, 5.41) is 0. The van der Waals surface area contributed by atoms with Crippen molar-refractivity contribution in [2.75, 3.05) is 13.1 Å². The Morgan fingerprint density at radius 3 is 2.88 bits per heavy atom. The van der Waals surface area contributed by atoms with E-state index in [4.69, 9.17) is 0 Å². The second kappa shape index (κ2) is 6.86. The molecule has 1 amide bonds. The van der Waals surface area contributed by atoms with Gasteiger partial charge in [-0.05, 0) is 38.8 Å². The van der Waals surface area contributed by atoms with Crippen molar-refractivity contribution in [1.82, 2.24) is 24.4 Å². The summed E-state index contributed by atoms with van der Waals surface area (Å²) in [6.07, 6.45) is 5.64. The number of fused-ring (bicyclic) bond motifs is 1. The van der Waals surface area contributed by atoms with Gasteiger partial charge in [0.25, 0.3) is 0 Å². The van der Waals surface area contributed by atoms with E-state index >= 15 is 0 Å². The zero-order valence-electron chi connectivity index (χ0n) is 15.2. The fraction of sp³-hybridized carbons (Fsp3) is 0.400. The maximum Gasteiger partial charge on any atom is 0.242 e. The number of aromatic nitrogens is 4. The van der Waals surface area contributed by atoms with Crippen LogP contribution in [0.15, 0.2) is 36.7 Å². The molecule has 0 N–H and O–H groups in total. The second-order valence-corrected chi connectivity index (χ2v) is 7.00. The second-order valence-electron chi connectivity index (χ2n) is 7.00. The molecule has 4 rings (SSSR count). The Morgan fingerprint density at radius 1 is 1.19 bits per heavy atom. The highest BCUT2D eigenvalue weighted by Crippen LogP contribution is 2.26. The summed E-state index contributed by atoms with van der Waals surface area (Å²) in [4.78, 5) is 28.3. The minimum Gasteiger partial charge on any atom is -0.340 e. The topological polar surface area (TPSA) is 63.9 Å². The van der Waals surface area contributed by atoms with E-state index in [1.165, 1.54) is 0 Å². The molecule has 1 saturated heterocycles. The molecule has 0 spiro atoms. The summed E-state index contributed by atoms with van der Waals surface area (Å²) in [5.74, 6) is 1.28. The quantitative estimate of drug-likeness (QED) is 0.729. The van der Waals surface area contributed by atoms with Gasteiger partial charge in [0, 0.05) is 31.4 Å². The number of carbonyl (C=O) groups excluding carboxylic acids is 1. The number of piperidine rings is 1. The summed E-state index contributed by atoms with van der Waals surface area (Å²) in [6.45, 7) is 5.76. The monoisotopic (exact) mass is 349 g/mol. The van der Waals surface area contributed by atoms with E-state index in [1.54, 1.807) is 6.20 Å². The molecule has 1 aromatic carbocycles. The summed E-state index contributed by atoms with van der Waals surface area (Å²) >= 11 is 0. The molecule has 26 heavy (non-hydrogen) atoms. The Balaban J connectivity index is 1.51. The van der Waals surface area contributed by atoms with Crippen LogP contribution < -0.4 is 0 Å². The van der Waals surface area contributed by atoms with Crippen molar-refractivity contribution in [1.29, 1.82) is 0 Å². The van der Waals surface area contributed by atoms with Crippen LogP contribution in [0.2, 0.25) is 0 Å². The smallest absolute Gasteiger partial charge is 0.242 e. The highest BCUT2D eigenvalue weighted by Gasteiger charge is 2.26. The number of likely N-dealkylation sites (tertiary alicyclic amines) is 1. The van der Waals surface area contributed by atoms with E-state index in [1.807, 2.05) is 53.8 Å². The Hall–Kier alpha value is -2.76. The minimum absolute atomic E-state index is 0.140. The number of imidazole rings is 1. The predicted octanol–water partition coefficient (Wildman–Crippen LogP) is 2.85. The summed E-state index contributed by atoms with van der Waals surface area (Å²) in [7, 11) is 0. The first kappa shape index (κ1) is 16.7. The number of nitrogens with zero attached hydrogens (tertiary/aromatic N) is 5. The summed E-state index contributed by atoms with van der Waals surface area (Å²) < 4.78 is 2.01. The normalized spacial score (nSPS) is 17.6. The van der Waals surface area contributed by atoms with Crippen LogP contribution in [0, 0.1) is 13.8 Å². The third-order valence-corrected chi connectivity index (χ3v) is 5.10. The summed E-state index contributed by atoms with van der Waals surface area (Å²) in [5.41, 5.74) is 3.86. The third kappa shape index (κ3) is 3.19. The number of hydrogen-bond acceptors (Lipinski definition) is 4. The lowest BCUT2D eigenvalue weighted by atomic mass is 9.95. The average molecular weight is 349 g/mol. The first-order valence-corrected chi connectivity index (χ1v) is 9.10. The molecule has 134 valence electrons. The first-order chi connectivity index (χ1) is 12.6. The molecule has 1 aliphatic rings. The number of hydrogen-bond donors (Lipinski definition) is 0. The number of para-hydroxylation sites is 2. The molecule has 0 unspecified atom stereocenters. The predicted molar refractivity (Wildman–Crippen MR) is 99.8 cm³/mol. The van der Waals surface area contributed by atoms with Crippen molar-refractivity contribution >= 4 is 16.9 Å². The van der Waals surface area contributed by atoms with E-state index in [9.17, 15) is 4.79 Å². The highest BCUT2D eigenvalue weighted by molar-refractivity contribution is 5.81. The van der Waals surface area contributed by atoms with Crippen LogP contribution in [-0.4, -0.2) is 43.4 Å². The van der Waals surface area contributed by atoms with Gasteiger partial charge in [0.2, 0.25) is 5.91 Å². The fourth-order valence-corrected chi connectivity index (χ4v) is 3.76. The van der Waals surface area contributed by atoms with E-state index in [0.717, 1.165) is 47.6 Å². The molecule has 0 saturated carbocycles. The minimum atomic E-state index is 0.140. The van der Waals surface area contributed by atoms with E-state index in [-0.39, 0.29) is 11.8 Å². The fourth-order valence-electron chi connectivity index (χ4n) is 3.76. The molecule has 0 bridgehead atoms. The number of amides is 1. The molecule has 1 fully saturated rings. The van der Waals surface area contributed by atoms with Crippen LogP contribution in [0.5, 0.6) is 0 Å². The lowest BCUT2D eigenvalue weighted by Gasteiger charge is -2.32. The molecular weight excluding hydrogens is 326 g/mol. The van der Waals surface area contributed by atoms with Gasteiger partial charge in [-0.3, -0.25) is 14.8 Å². The van der Waals surface area contributed by atoms with Crippen LogP contribution in [0.3, 0.4) is 0 Å². The van der Waals surface area contributed by atoms with Crippen LogP contribution in [-0.2, 0) is 11.3 Å². The third-order valence-electron chi connectivity index (χ3n) is 5.10. The number of aryl methyl sites for hydroxylation is 2. The van der Waals surface area contributed by atoms with Gasteiger partial charge in [-0.2, -0.15) is 0 Å². The average Bonchev–Trinajstić information content (AvgIpc) is 2.97. The van der Waals surface area contributed by atoms with Gasteiger partial charge in [0.15, 0.2) is 0 Å². The zero-order chi connectivity index (χ0) is 18.1.